The summed E-state index contributed by atoms with van der Waals surface area (Å²) in [5.74, 6) is -0.288. The first-order valence-electron chi connectivity index (χ1n) is 49.1. The van der Waals surface area contributed by atoms with Crippen molar-refractivity contribution < 1.29 is 57.5 Å². The fourth-order valence-electron chi connectivity index (χ4n) is 10.6. The molecule has 142 heavy (non-hydrogen) atoms. The summed E-state index contributed by atoms with van der Waals surface area (Å²) in [7, 11) is 0. The molecule has 0 spiro atoms. The van der Waals surface area contributed by atoms with E-state index in [1.54, 1.807) is 0 Å². The van der Waals surface area contributed by atoms with E-state index in [1.165, 1.54) is 72.9 Å². The lowest BCUT2D eigenvalue weighted by molar-refractivity contribution is -0.117. The highest BCUT2D eigenvalue weighted by molar-refractivity contribution is 5.92. The topological polar surface area (TPSA) is 542 Å². The molecule has 0 bridgehead atoms. The van der Waals surface area contributed by atoms with E-state index in [9.17, 15) is 57.5 Å². The molecule has 0 aliphatic heterocycles. The molecule has 40 nitrogen and oxygen atoms in total. The summed E-state index contributed by atoms with van der Waals surface area (Å²) in [5, 5.41) is 89.0. The van der Waals surface area contributed by atoms with Crippen LogP contribution in [0.5, 0.6) is 0 Å². The molecule has 0 rings (SSSR count). The Kier molecular flexibility index (Phi) is 147. The highest BCUT2D eigenvalue weighted by atomic mass is 16.2. The third kappa shape index (κ3) is 146. The van der Waals surface area contributed by atoms with Crippen molar-refractivity contribution in [2.24, 2.45) is 0 Å². The minimum Gasteiger partial charge on any atom is -0.351 e. The van der Waals surface area contributed by atoms with E-state index in [0.29, 0.717) is 84.3 Å². The van der Waals surface area contributed by atoms with Gasteiger partial charge in [-0.25, -0.2) is 0 Å². The second-order valence-corrected chi connectivity index (χ2v) is 30.1. The first-order valence-corrected chi connectivity index (χ1v) is 49.1. The molecule has 0 aliphatic rings. The molecule has 0 saturated carbocycles. The Hall–Kier alpha value is -9.16. The predicted molar refractivity (Wildman–Crippen MR) is 596 cm³/mol. The van der Waals surface area contributed by atoms with Gasteiger partial charge in [0.15, 0.2) is 34.7 Å². The molecule has 0 aromatic heterocycles. The van der Waals surface area contributed by atoms with Crippen LogP contribution in [0.3, 0.4) is 0 Å². The minimum atomic E-state index is -0.168. The smallest absolute Gasteiger partial charge is 0.243 e. The Morgan fingerprint density at radius 3 is 0.275 bits per heavy atom. The molecule has 0 fully saturated rings. The Labute approximate surface area is 858 Å². The molecule has 0 unspecified atom stereocenters. The maximum absolute atomic E-state index is 11.1. The van der Waals surface area contributed by atoms with Crippen molar-refractivity contribution in [3.8, 4) is 0 Å². The fourth-order valence-corrected chi connectivity index (χ4v) is 10.6. The number of allylic oxidation sites excluding steroid dienone is 6. The standard InChI is InChI=1S/C23H48N8O2.C21H43N7O2.C17H33N5O2.2C13H23N3O2.C11H18N2O2.4CH4/c1-3-22(32)6-5-7-24-8-9-25-10-11-26-12-13-27-14-15-28-16-17-29-18-19-30-20-21-31-23(33)4-2;1-3-20(29)6-5-7-22-8-9-23-10-11-24-12-13-25-14-15-26-16-17-27-18-19-28-21(30)4-2;1-3-16(23)6-5-7-18-8-9-19-10-11-20-12-13-21-14-15-22-17(24)4-2;2*1-3-12(17)6-5-7-14-8-9-15-10-11-16-13(18)4-2;1-3-10(14)6-5-7-12-8-9-13-11(15)4-2;;;;/h3-4,24-30H,1-2,5-21H2,(H,31,33);3-4,22-27H,1-2,5-19H2,(H,28,30);3-4,18-21H,1-2,5-15H2,(H,22,24);2*3-4,14-15H,1-2,5-11H2,(H,16,18);3-4,12H,1-2,5-9H2,(H,13,15);4*1H4. The average molecular weight is 2010 g/mol. The van der Waals surface area contributed by atoms with E-state index in [-0.39, 0.29) is 99.8 Å². The zero-order valence-electron chi connectivity index (χ0n) is 84.2. The Bertz CT molecular complexity index is 2850. The summed E-state index contributed by atoms with van der Waals surface area (Å²) in [4.78, 5) is 131. The number of hydrogen-bond donors (Lipinski definition) is 28. The predicted octanol–water partition coefficient (Wildman–Crippen LogP) is -1.54. The number of rotatable bonds is 102. The molecule has 0 aromatic rings. The lowest BCUT2D eigenvalue weighted by Gasteiger charge is -2.10. The van der Waals surface area contributed by atoms with Gasteiger partial charge in [-0.2, -0.15) is 0 Å². The first kappa shape index (κ1) is 153. The van der Waals surface area contributed by atoms with Gasteiger partial charge in [-0.3, -0.25) is 57.5 Å². The minimum absolute atomic E-state index is 0. The van der Waals surface area contributed by atoms with Crippen LogP contribution < -0.4 is 149 Å². The van der Waals surface area contributed by atoms with Gasteiger partial charge in [0, 0.05) is 326 Å². The maximum Gasteiger partial charge on any atom is 0.243 e. The highest BCUT2D eigenvalue weighted by Gasteiger charge is 2.05. The van der Waals surface area contributed by atoms with Crippen LogP contribution in [-0.2, 0) is 57.5 Å². The van der Waals surface area contributed by atoms with Crippen LogP contribution >= 0.6 is 0 Å². The maximum atomic E-state index is 11.1. The van der Waals surface area contributed by atoms with Crippen molar-refractivity contribution in [2.45, 2.75) is 107 Å². The van der Waals surface area contributed by atoms with Gasteiger partial charge in [-0.05, 0) is 151 Å². The van der Waals surface area contributed by atoms with E-state index in [2.05, 4.69) is 228 Å². The summed E-state index contributed by atoms with van der Waals surface area (Å²) in [6, 6.07) is 0. The molecular formula is C102H204N28O12. The van der Waals surface area contributed by atoms with Crippen molar-refractivity contribution in [1.82, 2.24) is 149 Å². The van der Waals surface area contributed by atoms with Crippen molar-refractivity contribution in [3.05, 3.63) is 152 Å². The van der Waals surface area contributed by atoms with Gasteiger partial charge in [0.1, 0.15) is 0 Å². The molecule has 824 valence electrons. The lowest BCUT2D eigenvalue weighted by Crippen LogP contribution is -2.38. The third-order valence-electron chi connectivity index (χ3n) is 18.4. The Balaban J connectivity index is -0.000000187. The van der Waals surface area contributed by atoms with Gasteiger partial charge < -0.3 is 149 Å². The molecule has 0 saturated heterocycles. The first-order chi connectivity index (χ1) is 67.2. The monoisotopic (exact) mass is 2010 g/mol. The number of nitrogens with one attached hydrogen (secondary N) is 28. The number of hydrogen-bond acceptors (Lipinski definition) is 34. The van der Waals surface area contributed by atoms with E-state index < -0.39 is 0 Å². The molecule has 0 radical (unpaired) electrons. The molecule has 0 heterocycles. The Morgan fingerprint density at radius 1 is 0.120 bits per heavy atom. The molecule has 28 N–H and O–H groups in total. The fraction of sp³-hybridized carbons (Fsp3) is 0.647. The van der Waals surface area contributed by atoms with Crippen LogP contribution in [0.25, 0.3) is 0 Å². The molecule has 0 aliphatic carbocycles. The summed E-state index contributed by atoms with van der Waals surface area (Å²) >= 11 is 0. The van der Waals surface area contributed by atoms with Gasteiger partial charge in [0.2, 0.25) is 35.4 Å². The van der Waals surface area contributed by atoms with Crippen LogP contribution in [0.2, 0.25) is 0 Å². The molecule has 6 amide bonds. The highest BCUT2D eigenvalue weighted by Crippen LogP contribution is 1.94. The van der Waals surface area contributed by atoms with E-state index in [4.69, 9.17) is 0 Å². The van der Waals surface area contributed by atoms with Crippen LogP contribution in [0, 0.1) is 0 Å². The van der Waals surface area contributed by atoms with E-state index in [0.717, 1.165) is 320 Å². The molecule has 0 aromatic carbocycles. The largest absolute Gasteiger partial charge is 0.351 e. The SMILES string of the molecule is C.C.C.C.C=CC(=O)CCCNCCNC(=O)C=C.C=CC(=O)CCCNCCNCCNC(=O)C=C.C=CC(=O)CCCNCCNCCNC(=O)C=C.C=CC(=O)CCCNCCNCCNCCNCCNC(=O)C=C.C=CC(=O)CCCNCCNCCNCCNCCNCCNCCNC(=O)C=C.C=CC(=O)CCCNCCNCCNCCNCCNCCNCCNCCNC(=O)C=C. The summed E-state index contributed by atoms with van der Waals surface area (Å²) in [6.07, 6.45) is 24.2. The second kappa shape index (κ2) is 136. The number of ketones is 6. The van der Waals surface area contributed by atoms with Gasteiger partial charge >= 0.3 is 0 Å². The Morgan fingerprint density at radius 2 is 0.197 bits per heavy atom. The van der Waals surface area contributed by atoms with E-state index in [1.807, 2.05) is 0 Å². The third-order valence-corrected chi connectivity index (χ3v) is 18.4. The van der Waals surface area contributed by atoms with Crippen molar-refractivity contribution in [3.63, 3.8) is 0 Å². The van der Waals surface area contributed by atoms with Crippen molar-refractivity contribution in [2.75, 3.05) is 327 Å². The number of amides is 6. The van der Waals surface area contributed by atoms with Crippen LogP contribution in [-0.4, -0.2) is 397 Å². The number of carbonyl (C=O) groups excluding carboxylic acids is 12. The van der Waals surface area contributed by atoms with Crippen molar-refractivity contribution >= 4 is 70.1 Å². The van der Waals surface area contributed by atoms with Gasteiger partial charge in [0.05, 0.1) is 0 Å². The normalized spacial score (nSPS) is 9.97. The van der Waals surface area contributed by atoms with Crippen molar-refractivity contribution in [1.29, 1.82) is 0 Å². The quantitative estimate of drug-likeness (QED) is 0.0242. The zero-order chi connectivity index (χ0) is 103. The summed E-state index contributed by atoms with van der Waals surface area (Å²) in [6.45, 7) is 83.3. The van der Waals surface area contributed by atoms with Crippen LogP contribution in [0.1, 0.15) is 107 Å². The zero-order valence-corrected chi connectivity index (χ0v) is 84.2. The summed E-state index contributed by atoms with van der Waals surface area (Å²) in [5.41, 5.74) is 0. The average Bonchev–Trinajstić information content (AvgIpc) is 1.04. The molecular weight excluding hydrogens is 1810 g/mol. The molecule has 0 atom stereocenters. The van der Waals surface area contributed by atoms with Gasteiger partial charge in [0.25, 0.3) is 0 Å². The molecule has 40 heteroatoms. The van der Waals surface area contributed by atoms with E-state index >= 15 is 0 Å². The van der Waals surface area contributed by atoms with Crippen LogP contribution in [0.15, 0.2) is 152 Å². The van der Waals surface area contributed by atoms with Crippen LogP contribution in [0.4, 0.5) is 0 Å². The second-order valence-electron chi connectivity index (χ2n) is 30.1. The van der Waals surface area contributed by atoms with Gasteiger partial charge in [-0.1, -0.05) is 109 Å². The lowest BCUT2D eigenvalue weighted by atomic mass is 10.2. The number of carbonyl (C=O) groups is 12. The van der Waals surface area contributed by atoms with Gasteiger partial charge in [-0.15, -0.1) is 0 Å². The summed E-state index contributed by atoms with van der Waals surface area (Å²) < 4.78 is 0.